The van der Waals surface area contributed by atoms with E-state index < -0.39 is 0 Å². The van der Waals surface area contributed by atoms with Crippen LogP contribution in [-0.4, -0.2) is 27.3 Å². The maximum absolute atomic E-state index is 4.74. The van der Waals surface area contributed by atoms with Crippen LogP contribution < -0.4 is 0 Å². The fourth-order valence-corrected chi connectivity index (χ4v) is 0.235. The predicted molar refractivity (Wildman–Crippen MR) is 29.1 cm³/mol. The first kappa shape index (κ1) is 7.88. The molecule has 0 aliphatic rings. The third-order valence-corrected chi connectivity index (χ3v) is 0.512. The maximum atomic E-state index is 4.74. The van der Waals surface area contributed by atoms with Gasteiger partial charge in [0.2, 0.25) is 0 Å². The summed E-state index contributed by atoms with van der Waals surface area (Å²) in [4.78, 5) is 0. The summed E-state index contributed by atoms with van der Waals surface area (Å²) < 4.78 is 14.0. The minimum atomic E-state index is 0.261. The molecule has 0 aliphatic heterocycles. The van der Waals surface area contributed by atoms with E-state index in [4.69, 9.17) is 9.47 Å². The van der Waals surface area contributed by atoms with E-state index in [1.54, 1.807) is 7.11 Å². The quantitative estimate of drug-likeness (QED) is 0.387. The van der Waals surface area contributed by atoms with Crippen LogP contribution in [0.15, 0.2) is 0 Å². The fraction of sp³-hybridized carbons (Fsp3) is 0.800. The average molecular weight is 119 g/mol. The normalized spacial score (nSPS) is 9.75. The molecule has 1 radical (unpaired) electrons. The summed E-state index contributed by atoms with van der Waals surface area (Å²) in [7, 11) is 1.56. The minimum absolute atomic E-state index is 0.261. The van der Waals surface area contributed by atoms with Crippen molar-refractivity contribution in [3.63, 3.8) is 0 Å². The number of hydrogen-bond donors (Lipinski definition) is 0. The SMILES string of the molecule is [CH2]COCOCOC. The molecule has 0 aromatic carbocycles. The summed E-state index contributed by atoms with van der Waals surface area (Å²) in [5.74, 6) is 0. The highest BCUT2D eigenvalue weighted by Gasteiger charge is 1.80. The Labute approximate surface area is 49.5 Å². The zero-order valence-corrected chi connectivity index (χ0v) is 5.05. The topological polar surface area (TPSA) is 27.7 Å². The Morgan fingerprint density at radius 3 is 2.50 bits per heavy atom. The summed E-state index contributed by atoms with van der Waals surface area (Å²) in [5.41, 5.74) is 0. The molecule has 0 saturated carbocycles. The Kier molecular flexibility index (Phi) is 6.78. The van der Waals surface area contributed by atoms with Gasteiger partial charge < -0.3 is 14.2 Å². The lowest BCUT2D eigenvalue weighted by Gasteiger charge is -2.00. The lowest BCUT2D eigenvalue weighted by molar-refractivity contribution is -0.115. The van der Waals surface area contributed by atoms with Crippen molar-refractivity contribution in [2.45, 2.75) is 0 Å². The first-order chi connectivity index (χ1) is 3.91. The van der Waals surface area contributed by atoms with E-state index >= 15 is 0 Å². The zero-order chi connectivity index (χ0) is 6.24. The number of rotatable bonds is 5. The molecule has 0 atom stereocenters. The van der Waals surface area contributed by atoms with Crippen LogP contribution in [0.25, 0.3) is 0 Å². The Morgan fingerprint density at radius 2 is 2.00 bits per heavy atom. The van der Waals surface area contributed by atoms with Gasteiger partial charge >= 0.3 is 0 Å². The van der Waals surface area contributed by atoms with Crippen LogP contribution in [0.2, 0.25) is 0 Å². The second kappa shape index (κ2) is 6.88. The van der Waals surface area contributed by atoms with Gasteiger partial charge in [0.1, 0.15) is 13.6 Å². The molecule has 0 bridgehead atoms. The van der Waals surface area contributed by atoms with E-state index in [1.165, 1.54) is 0 Å². The van der Waals surface area contributed by atoms with Crippen LogP contribution in [-0.2, 0) is 14.2 Å². The van der Waals surface area contributed by atoms with Crippen LogP contribution in [0.3, 0.4) is 0 Å². The second-order valence-corrected chi connectivity index (χ2v) is 1.14. The molecule has 0 heterocycles. The zero-order valence-electron chi connectivity index (χ0n) is 5.05. The van der Waals surface area contributed by atoms with Crippen LogP contribution in [0.5, 0.6) is 0 Å². The average Bonchev–Trinajstić information content (AvgIpc) is 1.81. The molecule has 3 nitrogen and oxygen atoms in total. The summed E-state index contributed by atoms with van der Waals surface area (Å²) in [5, 5.41) is 0. The van der Waals surface area contributed by atoms with Gasteiger partial charge in [-0.05, 0) is 6.92 Å². The van der Waals surface area contributed by atoms with Crippen LogP contribution in [0.1, 0.15) is 0 Å². The lowest BCUT2D eigenvalue weighted by atomic mass is 10.9. The van der Waals surface area contributed by atoms with Gasteiger partial charge in [0.25, 0.3) is 0 Å². The third-order valence-electron chi connectivity index (χ3n) is 0.512. The van der Waals surface area contributed by atoms with Crippen LogP contribution in [0, 0.1) is 6.92 Å². The van der Waals surface area contributed by atoms with Crippen molar-refractivity contribution in [2.24, 2.45) is 0 Å². The van der Waals surface area contributed by atoms with Crippen LogP contribution >= 0.6 is 0 Å². The monoisotopic (exact) mass is 119 g/mol. The molecule has 0 N–H and O–H groups in total. The summed E-state index contributed by atoms with van der Waals surface area (Å²) in [6.07, 6.45) is 0. The van der Waals surface area contributed by atoms with Gasteiger partial charge in [0.05, 0.1) is 0 Å². The fourth-order valence-electron chi connectivity index (χ4n) is 0.235. The summed E-state index contributed by atoms with van der Waals surface area (Å²) in [6, 6.07) is 0. The van der Waals surface area contributed by atoms with E-state index in [0.29, 0.717) is 6.61 Å². The molecule has 0 aromatic rings. The van der Waals surface area contributed by atoms with E-state index in [1.807, 2.05) is 0 Å². The number of hydrogen-bond acceptors (Lipinski definition) is 3. The molecule has 0 rings (SSSR count). The van der Waals surface area contributed by atoms with Crippen molar-refractivity contribution in [3.05, 3.63) is 6.92 Å². The van der Waals surface area contributed by atoms with Crippen molar-refractivity contribution in [3.8, 4) is 0 Å². The van der Waals surface area contributed by atoms with Gasteiger partial charge in [-0.15, -0.1) is 0 Å². The van der Waals surface area contributed by atoms with Crippen molar-refractivity contribution in [1.29, 1.82) is 0 Å². The second-order valence-electron chi connectivity index (χ2n) is 1.14. The predicted octanol–water partition coefficient (Wildman–Crippen LogP) is 0.415. The highest BCUT2D eigenvalue weighted by molar-refractivity contribution is 4.23. The smallest absolute Gasteiger partial charge is 0.149 e. The number of methoxy groups -OCH3 is 1. The van der Waals surface area contributed by atoms with Crippen LogP contribution in [0.4, 0.5) is 0 Å². The first-order valence-corrected chi connectivity index (χ1v) is 2.35. The molecule has 0 amide bonds. The van der Waals surface area contributed by atoms with E-state index in [0.717, 1.165) is 0 Å². The Bertz CT molecular complexity index is 32.7. The molecule has 0 spiro atoms. The molecule has 49 valence electrons. The van der Waals surface area contributed by atoms with Gasteiger partial charge in [-0.1, -0.05) is 0 Å². The molecule has 3 heteroatoms. The Hall–Kier alpha value is -0.120. The van der Waals surface area contributed by atoms with Crippen molar-refractivity contribution in [2.75, 3.05) is 27.3 Å². The summed E-state index contributed by atoms with van der Waals surface area (Å²) in [6.45, 7) is 4.41. The van der Waals surface area contributed by atoms with Gasteiger partial charge in [-0.2, -0.15) is 0 Å². The third kappa shape index (κ3) is 5.88. The first-order valence-electron chi connectivity index (χ1n) is 2.35. The largest absolute Gasteiger partial charge is 0.359 e. The van der Waals surface area contributed by atoms with Gasteiger partial charge in [0, 0.05) is 13.7 Å². The highest BCUT2D eigenvalue weighted by Crippen LogP contribution is 1.75. The van der Waals surface area contributed by atoms with Crippen molar-refractivity contribution in [1.82, 2.24) is 0 Å². The molecule has 0 aromatic heterocycles. The Morgan fingerprint density at radius 1 is 1.25 bits per heavy atom. The van der Waals surface area contributed by atoms with Gasteiger partial charge in [-0.25, -0.2) is 0 Å². The molecule has 0 unspecified atom stereocenters. The van der Waals surface area contributed by atoms with Gasteiger partial charge in [0.15, 0.2) is 0 Å². The molecular formula is C5H11O3. The van der Waals surface area contributed by atoms with Crippen molar-refractivity contribution < 1.29 is 14.2 Å². The van der Waals surface area contributed by atoms with E-state index in [2.05, 4.69) is 11.7 Å². The van der Waals surface area contributed by atoms with E-state index in [-0.39, 0.29) is 13.6 Å². The molecule has 8 heavy (non-hydrogen) atoms. The number of ether oxygens (including phenoxy) is 3. The van der Waals surface area contributed by atoms with Crippen molar-refractivity contribution >= 4 is 0 Å². The Balaban J connectivity index is 2.53. The van der Waals surface area contributed by atoms with Gasteiger partial charge in [-0.3, -0.25) is 0 Å². The molecule has 0 saturated heterocycles. The standard InChI is InChI=1S/C5H11O3/c1-3-7-5-8-4-6-2/h1,3-5H2,2H3. The van der Waals surface area contributed by atoms with E-state index in [9.17, 15) is 0 Å². The highest BCUT2D eigenvalue weighted by atomic mass is 16.7. The minimum Gasteiger partial charge on any atom is -0.359 e. The molecule has 0 aliphatic carbocycles. The summed E-state index contributed by atoms with van der Waals surface area (Å²) >= 11 is 0. The maximum Gasteiger partial charge on any atom is 0.149 e. The molecular weight excluding hydrogens is 108 g/mol. The molecule has 0 fully saturated rings. The lowest BCUT2D eigenvalue weighted by Crippen LogP contribution is -2.01.